The Labute approximate surface area is 220 Å². The molecular formula is C24H27ClN6O5S. The van der Waals surface area contributed by atoms with Gasteiger partial charge in [-0.2, -0.15) is 4.98 Å². The predicted octanol–water partition coefficient (Wildman–Crippen LogP) is 3.35. The summed E-state index contributed by atoms with van der Waals surface area (Å²) in [5.41, 5.74) is 1.33. The fourth-order valence-electron chi connectivity index (χ4n) is 3.63. The van der Waals surface area contributed by atoms with Crippen LogP contribution in [0.4, 0.5) is 23.1 Å². The highest BCUT2D eigenvalue weighted by Crippen LogP contribution is 2.32. The maximum Gasteiger partial charge on any atom is 0.254 e. The van der Waals surface area contributed by atoms with E-state index in [1.54, 1.807) is 41.3 Å². The van der Waals surface area contributed by atoms with Crippen molar-refractivity contribution in [3.63, 3.8) is 0 Å². The highest BCUT2D eigenvalue weighted by atomic mass is 35.5. The number of nitrogens with zero attached hydrogens (tertiary/aromatic N) is 4. The topological polar surface area (TPSA) is 126 Å². The molecule has 0 atom stereocenters. The lowest BCUT2D eigenvalue weighted by Crippen LogP contribution is -2.40. The summed E-state index contributed by atoms with van der Waals surface area (Å²) in [4.78, 5) is 23.3. The fourth-order valence-corrected chi connectivity index (χ4v) is 4.81. The number of sulfonamides is 1. The number of para-hydroxylation sites is 1. The summed E-state index contributed by atoms with van der Waals surface area (Å²) in [5, 5.41) is 6.26. The van der Waals surface area contributed by atoms with Crippen molar-refractivity contribution in [2.75, 3.05) is 58.1 Å². The van der Waals surface area contributed by atoms with E-state index in [2.05, 4.69) is 20.6 Å². The molecule has 3 aromatic rings. The highest BCUT2D eigenvalue weighted by molar-refractivity contribution is 7.89. The third-order valence-corrected chi connectivity index (χ3v) is 7.79. The lowest BCUT2D eigenvalue weighted by molar-refractivity contribution is 0.0302. The van der Waals surface area contributed by atoms with E-state index in [1.807, 2.05) is 0 Å². The van der Waals surface area contributed by atoms with Crippen LogP contribution in [-0.4, -0.2) is 81.0 Å². The Morgan fingerprint density at radius 1 is 1.11 bits per heavy atom. The summed E-state index contributed by atoms with van der Waals surface area (Å²) < 4.78 is 37.4. The smallest absolute Gasteiger partial charge is 0.254 e. The van der Waals surface area contributed by atoms with Crippen LogP contribution >= 0.6 is 11.6 Å². The molecule has 1 fully saturated rings. The standard InChI is InChI=1S/C24H27ClN6O5S/c1-30(2)37(33,34)21-7-5-4-6-19(21)27-22-17(25)15-26-24(29-22)28-18-9-8-16(14-20(18)35-3)23(32)31-10-12-36-13-11-31/h4-9,14-15H,10-13H2,1-3H3,(H2,26,27,28,29). The third kappa shape index (κ3) is 5.93. The summed E-state index contributed by atoms with van der Waals surface area (Å²) >= 11 is 6.32. The molecule has 0 bridgehead atoms. The number of carbonyl (C=O) groups excluding carboxylic acids is 1. The minimum atomic E-state index is -3.71. The Morgan fingerprint density at radius 3 is 2.54 bits per heavy atom. The number of carbonyl (C=O) groups is 1. The van der Waals surface area contributed by atoms with E-state index >= 15 is 0 Å². The van der Waals surface area contributed by atoms with Gasteiger partial charge in [0.15, 0.2) is 5.82 Å². The van der Waals surface area contributed by atoms with Crippen molar-refractivity contribution < 1.29 is 22.7 Å². The molecule has 0 aliphatic carbocycles. The number of methoxy groups -OCH3 is 1. The normalized spacial score (nSPS) is 13.9. The van der Waals surface area contributed by atoms with Crippen LogP contribution < -0.4 is 15.4 Å². The molecule has 13 heteroatoms. The molecule has 1 aliphatic heterocycles. The van der Waals surface area contributed by atoms with E-state index in [0.29, 0.717) is 49.0 Å². The first-order valence-corrected chi connectivity index (χ1v) is 13.2. The van der Waals surface area contributed by atoms with Gasteiger partial charge < -0.3 is 25.0 Å². The summed E-state index contributed by atoms with van der Waals surface area (Å²) in [5.74, 6) is 0.715. The van der Waals surface area contributed by atoms with Gasteiger partial charge in [-0.3, -0.25) is 4.79 Å². The number of nitrogens with one attached hydrogen (secondary N) is 2. The van der Waals surface area contributed by atoms with Crippen LogP contribution in [0.25, 0.3) is 0 Å². The molecule has 1 aliphatic rings. The maximum atomic E-state index is 12.8. The van der Waals surface area contributed by atoms with E-state index < -0.39 is 10.0 Å². The van der Waals surface area contributed by atoms with Crippen molar-refractivity contribution in [2.45, 2.75) is 4.90 Å². The predicted molar refractivity (Wildman–Crippen MR) is 141 cm³/mol. The number of amides is 1. The number of morpholine rings is 1. The average molecular weight is 547 g/mol. The summed E-state index contributed by atoms with van der Waals surface area (Å²) in [6, 6.07) is 11.5. The van der Waals surface area contributed by atoms with E-state index in [4.69, 9.17) is 21.1 Å². The molecule has 11 nitrogen and oxygen atoms in total. The summed E-state index contributed by atoms with van der Waals surface area (Å²) in [6.45, 7) is 2.10. The highest BCUT2D eigenvalue weighted by Gasteiger charge is 2.22. The van der Waals surface area contributed by atoms with Crippen LogP contribution in [0, 0.1) is 0 Å². The molecule has 4 rings (SSSR count). The lowest BCUT2D eigenvalue weighted by atomic mass is 10.1. The van der Waals surface area contributed by atoms with E-state index in [0.717, 1.165) is 4.31 Å². The van der Waals surface area contributed by atoms with Gasteiger partial charge in [0, 0.05) is 32.7 Å². The number of halogens is 1. The quantitative estimate of drug-likeness (QED) is 0.437. The molecule has 1 saturated heterocycles. The van der Waals surface area contributed by atoms with Gasteiger partial charge in [-0.05, 0) is 30.3 Å². The van der Waals surface area contributed by atoms with Gasteiger partial charge in [0.05, 0.1) is 37.9 Å². The molecule has 37 heavy (non-hydrogen) atoms. The molecule has 1 aromatic heterocycles. The van der Waals surface area contributed by atoms with Gasteiger partial charge in [-0.15, -0.1) is 0 Å². The third-order valence-electron chi connectivity index (χ3n) is 5.64. The monoisotopic (exact) mass is 546 g/mol. The van der Waals surface area contributed by atoms with Crippen molar-refractivity contribution in [2.24, 2.45) is 0 Å². The Balaban J connectivity index is 1.58. The Hall–Kier alpha value is -3.45. The zero-order valence-corrected chi connectivity index (χ0v) is 22.1. The van der Waals surface area contributed by atoms with Gasteiger partial charge in [0.2, 0.25) is 16.0 Å². The second-order valence-corrected chi connectivity index (χ2v) is 10.8. The molecule has 2 aromatic carbocycles. The molecule has 196 valence electrons. The number of hydrogen-bond acceptors (Lipinski definition) is 9. The van der Waals surface area contributed by atoms with Gasteiger partial charge in [-0.25, -0.2) is 17.7 Å². The van der Waals surface area contributed by atoms with Crippen LogP contribution in [0.2, 0.25) is 5.02 Å². The van der Waals surface area contributed by atoms with Crippen LogP contribution in [0.3, 0.4) is 0 Å². The van der Waals surface area contributed by atoms with E-state index in [-0.39, 0.29) is 27.6 Å². The summed E-state index contributed by atoms with van der Waals surface area (Å²) in [6.07, 6.45) is 1.39. The largest absolute Gasteiger partial charge is 0.495 e. The van der Waals surface area contributed by atoms with Crippen LogP contribution in [0.1, 0.15) is 10.4 Å². The molecule has 0 spiro atoms. The number of ether oxygens (including phenoxy) is 2. The first kappa shape index (κ1) is 26.6. The maximum absolute atomic E-state index is 12.8. The van der Waals surface area contributed by atoms with Gasteiger partial charge in [0.25, 0.3) is 5.91 Å². The molecular weight excluding hydrogens is 520 g/mol. The first-order chi connectivity index (χ1) is 17.7. The Morgan fingerprint density at radius 2 is 1.84 bits per heavy atom. The van der Waals surface area contributed by atoms with Crippen molar-refractivity contribution in [3.05, 3.63) is 59.2 Å². The van der Waals surface area contributed by atoms with Gasteiger partial charge in [0.1, 0.15) is 15.7 Å². The Kier molecular flexibility index (Phi) is 8.13. The van der Waals surface area contributed by atoms with Crippen LogP contribution in [0.5, 0.6) is 5.75 Å². The van der Waals surface area contributed by atoms with Crippen molar-refractivity contribution >= 4 is 50.7 Å². The molecule has 0 saturated carbocycles. The first-order valence-electron chi connectivity index (χ1n) is 11.3. The van der Waals surface area contributed by atoms with Gasteiger partial charge >= 0.3 is 0 Å². The second-order valence-electron chi connectivity index (χ2n) is 8.24. The van der Waals surface area contributed by atoms with Crippen LogP contribution in [-0.2, 0) is 14.8 Å². The van der Waals surface area contributed by atoms with E-state index in [9.17, 15) is 13.2 Å². The van der Waals surface area contributed by atoms with Crippen molar-refractivity contribution in [1.82, 2.24) is 19.2 Å². The zero-order chi connectivity index (χ0) is 26.6. The van der Waals surface area contributed by atoms with Crippen molar-refractivity contribution in [1.29, 1.82) is 0 Å². The Bertz CT molecular complexity index is 1400. The number of aromatic nitrogens is 2. The van der Waals surface area contributed by atoms with E-state index in [1.165, 1.54) is 33.5 Å². The molecule has 2 heterocycles. The number of anilines is 4. The minimum absolute atomic E-state index is 0.0754. The fraction of sp³-hybridized carbons (Fsp3) is 0.292. The van der Waals surface area contributed by atoms with Crippen LogP contribution in [0.15, 0.2) is 53.6 Å². The average Bonchev–Trinajstić information content (AvgIpc) is 2.91. The molecule has 1 amide bonds. The molecule has 2 N–H and O–H groups in total. The summed E-state index contributed by atoms with van der Waals surface area (Å²) in [7, 11) is 0.703. The number of rotatable bonds is 8. The molecule has 0 radical (unpaired) electrons. The number of benzene rings is 2. The zero-order valence-electron chi connectivity index (χ0n) is 20.6. The van der Waals surface area contributed by atoms with Crippen molar-refractivity contribution in [3.8, 4) is 5.75 Å². The van der Waals surface area contributed by atoms with Gasteiger partial charge in [-0.1, -0.05) is 23.7 Å². The SMILES string of the molecule is COc1cc(C(=O)N2CCOCC2)ccc1Nc1ncc(Cl)c(Nc2ccccc2S(=O)(=O)N(C)C)n1. The lowest BCUT2D eigenvalue weighted by Gasteiger charge is -2.27. The second kappa shape index (κ2) is 11.3. The molecule has 0 unspecified atom stereocenters. The number of hydrogen-bond donors (Lipinski definition) is 2. The minimum Gasteiger partial charge on any atom is -0.495 e.